The van der Waals surface area contributed by atoms with Crippen LogP contribution in [0.3, 0.4) is 0 Å². The molecule has 4 aromatic carbocycles. The van der Waals surface area contributed by atoms with E-state index in [1.54, 1.807) is 0 Å². The summed E-state index contributed by atoms with van der Waals surface area (Å²) in [6.45, 7) is -2.36. The SMILES string of the molecule is COc1cc(/C=C/C(=O)OC[C@H]2O[C@@H](O[C@H]3[C@H](Oc4cc5c(O[C@@H]6O[C@H](CO)[C@@H](O)[C@H](O)[C@H]6O)cc(O)cc5[o+]c4-c4ccc(O)cc4)O[C@H](COC(=O)/C=C/c4ccc(O)c(O)c4)[C@@H](O)[C@@H]3O)[C@H](O)[C@@H](O)[C@@H]2O)ccc1O. The lowest BCUT2D eigenvalue weighted by Gasteiger charge is -2.45. The molecule has 0 radical (unpaired) electrons. The smallest absolute Gasteiger partial charge is 0.402 e. The topological polar surface area (TPSA) is 412 Å². The summed E-state index contributed by atoms with van der Waals surface area (Å²) in [5, 5.41) is 148. The van der Waals surface area contributed by atoms with Gasteiger partial charge in [-0.1, -0.05) is 12.1 Å². The maximum absolute atomic E-state index is 13.0. The van der Waals surface area contributed by atoms with Gasteiger partial charge in [0.15, 0.2) is 35.4 Å². The van der Waals surface area contributed by atoms with Crippen LogP contribution in [0.25, 0.3) is 34.4 Å². The molecule has 8 rings (SSSR count). The highest BCUT2D eigenvalue weighted by Gasteiger charge is 2.53. The van der Waals surface area contributed by atoms with Crippen LogP contribution in [-0.2, 0) is 38.0 Å². The van der Waals surface area contributed by atoms with E-state index < -0.39 is 141 Å². The molecule has 0 bridgehead atoms. The van der Waals surface area contributed by atoms with Crippen molar-refractivity contribution in [1.29, 1.82) is 0 Å². The number of fused-ring (bicyclic) bond motifs is 1. The molecule has 3 fully saturated rings. The van der Waals surface area contributed by atoms with Gasteiger partial charge in [-0.3, -0.25) is 0 Å². The zero-order valence-electron chi connectivity index (χ0n) is 40.8. The molecule has 0 saturated carbocycles. The Morgan fingerprint density at radius 3 is 1.71 bits per heavy atom. The van der Waals surface area contributed by atoms with E-state index in [-0.39, 0.29) is 56.6 Å². The quantitative estimate of drug-likeness (QED) is 0.0244. The maximum Gasteiger partial charge on any atom is 0.402 e. The third kappa shape index (κ3) is 12.8. The molecule has 3 aliphatic rings. The molecule has 14 N–H and O–H groups in total. The number of esters is 2. The number of carbonyl (C=O) groups is 2. The molecule has 26 heteroatoms. The van der Waals surface area contributed by atoms with Crippen molar-refractivity contribution in [2.24, 2.45) is 0 Å². The van der Waals surface area contributed by atoms with Crippen LogP contribution in [0, 0.1) is 0 Å². The second-order valence-corrected chi connectivity index (χ2v) is 18.0. The Morgan fingerprint density at radius 2 is 1.09 bits per heavy atom. The molecule has 3 aliphatic heterocycles. The summed E-state index contributed by atoms with van der Waals surface area (Å²) in [7, 11) is 1.33. The largest absolute Gasteiger partial charge is 0.508 e. The van der Waals surface area contributed by atoms with Crippen molar-refractivity contribution in [1.82, 2.24) is 0 Å². The van der Waals surface area contributed by atoms with E-state index in [9.17, 15) is 81.1 Å². The Balaban J connectivity index is 1.11. The minimum Gasteiger partial charge on any atom is -0.508 e. The number of phenols is 5. The van der Waals surface area contributed by atoms with Crippen molar-refractivity contribution < 1.29 is 128 Å². The van der Waals surface area contributed by atoms with Crippen LogP contribution in [0.1, 0.15) is 11.1 Å². The predicted molar refractivity (Wildman–Crippen MR) is 261 cm³/mol. The third-order valence-electron chi connectivity index (χ3n) is 12.7. The van der Waals surface area contributed by atoms with Gasteiger partial charge in [-0.25, -0.2) is 14.0 Å². The molecule has 0 unspecified atom stereocenters. The van der Waals surface area contributed by atoms with Crippen molar-refractivity contribution in [3.05, 3.63) is 102 Å². The van der Waals surface area contributed by atoms with Gasteiger partial charge in [0.1, 0.15) is 103 Å². The zero-order chi connectivity index (χ0) is 56.1. The van der Waals surface area contributed by atoms with Gasteiger partial charge in [0.2, 0.25) is 18.3 Å². The first-order valence-corrected chi connectivity index (χ1v) is 23.8. The molecule has 78 heavy (non-hydrogen) atoms. The van der Waals surface area contributed by atoms with Crippen LogP contribution in [0.5, 0.6) is 46.0 Å². The van der Waals surface area contributed by atoms with Gasteiger partial charge >= 0.3 is 23.3 Å². The summed E-state index contributed by atoms with van der Waals surface area (Å²) in [5.41, 5.74) is 0.729. The van der Waals surface area contributed by atoms with E-state index in [1.807, 2.05) is 0 Å². The zero-order valence-corrected chi connectivity index (χ0v) is 40.8. The van der Waals surface area contributed by atoms with E-state index >= 15 is 0 Å². The first-order chi connectivity index (χ1) is 37.2. The number of rotatable bonds is 17. The number of ether oxygens (including phenoxy) is 9. The van der Waals surface area contributed by atoms with Crippen molar-refractivity contribution in [3.8, 4) is 57.3 Å². The lowest BCUT2D eigenvalue weighted by atomic mass is 9.97. The van der Waals surface area contributed by atoms with Gasteiger partial charge in [-0.05, 0) is 71.8 Å². The average Bonchev–Trinajstić information content (AvgIpc) is 3.51. The van der Waals surface area contributed by atoms with Crippen molar-refractivity contribution >= 4 is 35.1 Å². The van der Waals surface area contributed by atoms with Crippen LogP contribution in [0.4, 0.5) is 0 Å². The highest BCUT2D eigenvalue weighted by molar-refractivity contribution is 5.89. The molecule has 3 saturated heterocycles. The van der Waals surface area contributed by atoms with Gasteiger partial charge in [-0.15, -0.1) is 0 Å². The van der Waals surface area contributed by atoms with Crippen LogP contribution in [-0.4, -0.2) is 202 Å². The van der Waals surface area contributed by atoms with Crippen LogP contribution >= 0.6 is 0 Å². The molecule has 26 nitrogen and oxygen atoms in total. The molecule has 1 aromatic heterocycles. The predicted octanol–water partition coefficient (Wildman–Crippen LogP) is -0.372. The Morgan fingerprint density at radius 1 is 0.538 bits per heavy atom. The minimum absolute atomic E-state index is 0.0754. The molecule has 0 amide bonds. The summed E-state index contributed by atoms with van der Waals surface area (Å²) < 4.78 is 57.8. The number of hydrogen-bond acceptors (Lipinski definition) is 25. The van der Waals surface area contributed by atoms with Gasteiger partial charge < -0.3 is 114 Å². The fraction of sp³-hybridized carbons (Fsp3) is 0.365. The number of aromatic hydroxyl groups is 5. The highest BCUT2D eigenvalue weighted by Crippen LogP contribution is 2.43. The van der Waals surface area contributed by atoms with Crippen molar-refractivity contribution in [2.45, 2.75) is 92.1 Å². The molecule has 5 aromatic rings. The highest BCUT2D eigenvalue weighted by atomic mass is 16.8. The number of methoxy groups -OCH3 is 1. The van der Waals surface area contributed by atoms with Crippen LogP contribution in [0.2, 0.25) is 0 Å². The van der Waals surface area contributed by atoms with E-state index in [4.69, 9.17) is 47.0 Å². The second-order valence-electron chi connectivity index (χ2n) is 18.0. The first-order valence-electron chi connectivity index (χ1n) is 23.8. The second kappa shape index (κ2) is 24.5. The fourth-order valence-electron chi connectivity index (χ4n) is 8.38. The molecule has 4 heterocycles. The Bertz CT molecular complexity index is 2970. The Kier molecular flexibility index (Phi) is 17.8. The fourth-order valence-corrected chi connectivity index (χ4v) is 8.38. The summed E-state index contributed by atoms with van der Waals surface area (Å²) in [4.78, 5) is 25.8. The van der Waals surface area contributed by atoms with Gasteiger partial charge in [0.25, 0.3) is 0 Å². The summed E-state index contributed by atoms with van der Waals surface area (Å²) in [5.74, 6) is -4.41. The first kappa shape index (κ1) is 56.8. The maximum atomic E-state index is 13.0. The van der Waals surface area contributed by atoms with Crippen LogP contribution < -0.4 is 14.2 Å². The minimum atomic E-state index is -2.14. The number of aliphatic hydroxyl groups is 9. The molecule has 15 atom stereocenters. The number of carbonyl (C=O) groups excluding carboxylic acids is 2. The number of hydrogen-bond donors (Lipinski definition) is 14. The van der Waals surface area contributed by atoms with E-state index in [0.717, 1.165) is 30.4 Å². The molecule has 0 spiro atoms. The summed E-state index contributed by atoms with van der Waals surface area (Å²) in [6, 6.07) is 16.7. The third-order valence-corrected chi connectivity index (χ3v) is 12.7. The number of benzene rings is 4. The number of phenolic OH excluding ortho intramolecular Hbond substituents is 5. The Hall–Kier alpha value is -7.41. The van der Waals surface area contributed by atoms with Gasteiger partial charge in [0, 0.05) is 24.3 Å². The van der Waals surface area contributed by atoms with E-state index in [0.29, 0.717) is 5.56 Å². The van der Waals surface area contributed by atoms with Crippen molar-refractivity contribution in [2.75, 3.05) is 26.9 Å². The lowest BCUT2D eigenvalue weighted by Crippen LogP contribution is -2.65. The Labute approximate surface area is 440 Å². The lowest BCUT2D eigenvalue weighted by molar-refractivity contribution is -0.358. The monoisotopic (exact) mass is 1100 g/mol. The summed E-state index contributed by atoms with van der Waals surface area (Å²) >= 11 is 0. The van der Waals surface area contributed by atoms with E-state index in [2.05, 4.69) is 0 Å². The van der Waals surface area contributed by atoms with E-state index in [1.165, 1.54) is 79.9 Å². The normalized spacial score (nSPS) is 29.3. The molecular formula is C52H55O26+. The number of aliphatic hydroxyl groups excluding tert-OH is 9. The average molecular weight is 1100 g/mol. The molecule has 0 aliphatic carbocycles. The van der Waals surface area contributed by atoms with Gasteiger partial charge in [-0.2, -0.15) is 0 Å². The van der Waals surface area contributed by atoms with Crippen molar-refractivity contribution in [3.63, 3.8) is 0 Å². The molecular weight excluding hydrogens is 1040 g/mol. The van der Waals surface area contributed by atoms with Crippen LogP contribution in [0.15, 0.2) is 95.4 Å². The molecule has 418 valence electrons. The summed E-state index contributed by atoms with van der Waals surface area (Å²) in [6.07, 6.45) is -23.9. The standard InChI is InChI=1S/C52H54O26/c1-69-33-15-23(3-11-29(33)57)5-13-39(60)70-20-36-41(62)44(65)47(68)51(76-36)78-49-45(66)42(63)37(21-71-38(59)12-4-22-2-10-28(56)30(58)14-22)77-52(49)74-34-18-27-31(72-48(34)24-6-8-25(54)9-7-24)16-26(55)17-32(27)73-50-46(67)43(64)40(61)35(19-53)75-50/h2-18,35-37,40-47,49-53,61-68H,19-21H2,1H3,(H4-,54,55,56,57,58,59,60)/p+1/t35-,36-,37-,40-,41-,42-,43+,44+,45+,46-,47-,49-,50-,51+,52-/m1/s1. The van der Waals surface area contributed by atoms with Gasteiger partial charge in [0.05, 0.1) is 25.3 Å².